The molecule has 0 amide bonds. The molecule has 2 atom stereocenters. The molecule has 0 aliphatic heterocycles. The van der Waals surface area contributed by atoms with Crippen LogP contribution in [0.3, 0.4) is 0 Å². The molecule has 11 rings (SSSR count). The number of aromatic hydroxyl groups is 1. The highest BCUT2D eigenvalue weighted by Crippen LogP contribution is 2.62. The van der Waals surface area contributed by atoms with Crippen LogP contribution in [0.1, 0.15) is 148 Å². The lowest BCUT2D eigenvalue weighted by Gasteiger charge is -2.57. The van der Waals surface area contributed by atoms with E-state index in [1.807, 2.05) is 0 Å². The standard InChI is InChI=1S/C59H71NO2/c1-36-18-38-19-37(2)31-59(30-36,35-38)52-27-44(57(6,7)8)26-51(55(52)61)48-15-11-13-17-50(48)54-29-46(62-9)28-53(60-54)49-16-12-10-14-47(49)42-23-43(56(3,4)5)25-45(24-42)58-32-39-20-40(33-58)22-41(21-39)34-58/h10-17,23-29,36-41,61H,18-22,30-35H2,1-9H3. The minimum Gasteiger partial charge on any atom is -0.507 e. The van der Waals surface area contributed by atoms with Crippen molar-refractivity contribution in [3.8, 4) is 56.3 Å². The van der Waals surface area contributed by atoms with Crippen molar-refractivity contribution >= 4 is 0 Å². The van der Waals surface area contributed by atoms with Crippen molar-refractivity contribution < 1.29 is 9.84 Å². The Morgan fingerprint density at radius 1 is 0.532 bits per heavy atom. The molecule has 1 aromatic heterocycles. The normalized spacial score (nSPS) is 29.2. The minimum atomic E-state index is -0.0896. The fourth-order valence-corrected chi connectivity index (χ4v) is 14.5. The SMILES string of the molecule is COc1cc(-c2ccccc2-c2cc(C(C)(C)C)cc(C34CC5CC(CC(C5)C3)C4)c2)nc(-c2ccccc2-c2cc(C(C)(C)C)cc(C34CC(C)CC(CC(C)C3)C4)c2O)c1. The van der Waals surface area contributed by atoms with Crippen molar-refractivity contribution in [1.82, 2.24) is 4.98 Å². The average molecular weight is 826 g/mol. The van der Waals surface area contributed by atoms with E-state index in [0.29, 0.717) is 23.0 Å². The fourth-order valence-electron chi connectivity index (χ4n) is 14.5. The third-order valence-corrected chi connectivity index (χ3v) is 16.7. The minimum absolute atomic E-state index is 0.0139. The Hall–Kier alpha value is -4.37. The first-order valence-corrected chi connectivity index (χ1v) is 24.3. The van der Waals surface area contributed by atoms with Gasteiger partial charge in [0.2, 0.25) is 0 Å². The van der Waals surface area contributed by atoms with E-state index in [4.69, 9.17) is 9.72 Å². The molecule has 6 bridgehead atoms. The van der Waals surface area contributed by atoms with Crippen LogP contribution in [0.5, 0.6) is 11.5 Å². The highest BCUT2D eigenvalue weighted by molar-refractivity contribution is 5.89. The first kappa shape index (κ1) is 41.6. The lowest BCUT2D eigenvalue weighted by atomic mass is 9.48. The summed E-state index contributed by atoms with van der Waals surface area (Å²) in [6, 6.07) is 33.9. The van der Waals surface area contributed by atoms with Crippen molar-refractivity contribution in [1.29, 1.82) is 0 Å². The van der Waals surface area contributed by atoms with Crippen LogP contribution >= 0.6 is 0 Å². The number of nitrogens with zero attached hydrogens (tertiary/aromatic N) is 1. The van der Waals surface area contributed by atoms with E-state index in [1.165, 1.54) is 80.0 Å². The molecule has 0 radical (unpaired) electrons. The number of ether oxygens (including phenoxy) is 1. The van der Waals surface area contributed by atoms with Gasteiger partial charge in [-0.1, -0.05) is 128 Å². The smallest absolute Gasteiger partial charge is 0.127 e. The van der Waals surface area contributed by atoms with E-state index in [-0.39, 0.29) is 16.2 Å². The van der Waals surface area contributed by atoms with Gasteiger partial charge in [-0.2, -0.15) is 0 Å². The van der Waals surface area contributed by atoms with Crippen LogP contribution in [0.2, 0.25) is 0 Å². The molecule has 0 spiro atoms. The number of pyridine rings is 1. The summed E-state index contributed by atoms with van der Waals surface area (Å²) in [5.41, 5.74) is 13.9. The lowest BCUT2D eigenvalue weighted by molar-refractivity contribution is -0.00522. The molecule has 1 heterocycles. The van der Waals surface area contributed by atoms with Gasteiger partial charge in [-0.15, -0.1) is 0 Å². The predicted octanol–water partition coefficient (Wildman–Crippen LogP) is 15.6. The topological polar surface area (TPSA) is 42.4 Å². The number of benzene rings is 4. The number of rotatable bonds is 7. The number of fused-ring (bicyclic) bond motifs is 2. The van der Waals surface area contributed by atoms with Crippen LogP contribution < -0.4 is 4.74 Å². The van der Waals surface area contributed by atoms with Gasteiger partial charge in [0.25, 0.3) is 0 Å². The van der Waals surface area contributed by atoms with Crippen LogP contribution in [-0.2, 0) is 21.7 Å². The fraction of sp³-hybridized carbons (Fsp3) is 0.508. The number of aromatic nitrogens is 1. The number of methoxy groups -OCH3 is 1. The number of phenolic OH excluding ortho intramolecular Hbond substituents is 1. The number of hydrogen-bond donors (Lipinski definition) is 1. The van der Waals surface area contributed by atoms with E-state index in [1.54, 1.807) is 12.7 Å². The summed E-state index contributed by atoms with van der Waals surface area (Å²) in [6.07, 6.45) is 14.5. The predicted molar refractivity (Wildman–Crippen MR) is 258 cm³/mol. The zero-order valence-corrected chi connectivity index (χ0v) is 39.2. The molecule has 2 unspecified atom stereocenters. The Kier molecular flexibility index (Phi) is 10.2. The van der Waals surface area contributed by atoms with Gasteiger partial charge in [0.1, 0.15) is 11.5 Å². The van der Waals surface area contributed by atoms with Gasteiger partial charge < -0.3 is 9.84 Å². The molecule has 6 saturated carbocycles. The zero-order valence-electron chi connectivity index (χ0n) is 39.2. The Morgan fingerprint density at radius 3 is 1.56 bits per heavy atom. The number of hydrogen-bond acceptors (Lipinski definition) is 3. The summed E-state index contributed by atoms with van der Waals surface area (Å²) in [6.45, 7) is 18.9. The van der Waals surface area contributed by atoms with Crippen LogP contribution in [0.4, 0.5) is 0 Å². The second-order valence-corrected chi connectivity index (χ2v) is 23.7. The van der Waals surface area contributed by atoms with Gasteiger partial charge in [0, 0.05) is 34.4 Å². The van der Waals surface area contributed by atoms with Crippen molar-refractivity contribution in [2.24, 2.45) is 35.5 Å². The molecule has 4 aromatic carbocycles. The van der Waals surface area contributed by atoms with Crippen LogP contribution in [0.15, 0.2) is 91.0 Å². The molecule has 3 heteroatoms. The highest BCUT2D eigenvalue weighted by atomic mass is 16.5. The van der Waals surface area contributed by atoms with Gasteiger partial charge in [0.15, 0.2) is 0 Å². The lowest BCUT2D eigenvalue weighted by Crippen LogP contribution is -2.48. The molecule has 0 saturated heterocycles. The zero-order chi connectivity index (χ0) is 43.3. The van der Waals surface area contributed by atoms with Crippen molar-refractivity contribution in [2.45, 2.75) is 148 Å². The molecular weight excluding hydrogens is 755 g/mol. The third-order valence-electron chi connectivity index (χ3n) is 16.7. The maximum Gasteiger partial charge on any atom is 0.127 e. The first-order chi connectivity index (χ1) is 29.5. The Balaban J connectivity index is 1.11. The van der Waals surface area contributed by atoms with Crippen molar-refractivity contribution in [3.63, 3.8) is 0 Å². The molecule has 1 N–H and O–H groups in total. The summed E-state index contributed by atoms with van der Waals surface area (Å²) < 4.78 is 6.11. The van der Waals surface area contributed by atoms with Crippen LogP contribution in [0.25, 0.3) is 44.8 Å². The van der Waals surface area contributed by atoms with Crippen molar-refractivity contribution in [3.05, 3.63) is 113 Å². The molecular formula is C59H71NO2. The highest BCUT2D eigenvalue weighted by Gasteiger charge is 2.52. The van der Waals surface area contributed by atoms with E-state index in [9.17, 15) is 5.11 Å². The third kappa shape index (κ3) is 7.42. The molecule has 62 heavy (non-hydrogen) atoms. The second kappa shape index (κ2) is 15.1. The molecule has 6 aliphatic rings. The molecule has 5 aromatic rings. The maximum atomic E-state index is 12.8. The van der Waals surface area contributed by atoms with Crippen molar-refractivity contribution in [2.75, 3.05) is 7.11 Å². The van der Waals surface area contributed by atoms with E-state index < -0.39 is 0 Å². The summed E-state index contributed by atoms with van der Waals surface area (Å²) in [5, 5.41) is 12.8. The van der Waals surface area contributed by atoms with Gasteiger partial charge in [-0.3, -0.25) is 0 Å². The second-order valence-electron chi connectivity index (χ2n) is 23.7. The summed E-state index contributed by atoms with van der Waals surface area (Å²) in [7, 11) is 1.76. The molecule has 6 fully saturated rings. The molecule has 6 aliphatic carbocycles. The van der Waals surface area contributed by atoms with Crippen LogP contribution in [0, 0.1) is 35.5 Å². The van der Waals surface area contributed by atoms with E-state index in [0.717, 1.165) is 81.5 Å². The van der Waals surface area contributed by atoms with Gasteiger partial charge in [-0.25, -0.2) is 4.98 Å². The quantitative estimate of drug-likeness (QED) is 0.178. The van der Waals surface area contributed by atoms with Gasteiger partial charge in [-0.05, 0) is 167 Å². The number of phenols is 1. The Bertz CT molecular complexity index is 2460. The largest absolute Gasteiger partial charge is 0.507 e. The van der Waals surface area contributed by atoms with E-state index >= 15 is 0 Å². The average Bonchev–Trinajstić information content (AvgIpc) is 3.21. The van der Waals surface area contributed by atoms with E-state index in [2.05, 4.69) is 146 Å². The van der Waals surface area contributed by atoms with Gasteiger partial charge >= 0.3 is 0 Å². The summed E-state index contributed by atoms with van der Waals surface area (Å²) >= 11 is 0. The maximum absolute atomic E-state index is 12.8. The molecule has 324 valence electrons. The van der Waals surface area contributed by atoms with Crippen LogP contribution in [-0.4, -0.2) is 17.2 Å². The summed E-state index contributed by atoms with van der Waals surface area (Å²) in [5.74, 6) is 5.92. The molecule has 3 nitrogen and oxygen atoms in total. The monoisotopic (exact) mass is 826 g/mol. The first-order valence-electron chi connectivity index (χ1n) is 24.3. The Labute approximate surface area is 373 Å². The summed E-state index contributed by atoms with van der Waals surface area (Å²) in [4.78, 5) is 5.56. The van der Waals surface area contributed by atoms with Gasteiger partial charge in [0.05, 0.1) is 18.5 Å². The Morgan fingerprint density at radius 2 is 1.02 bits per heavy atom.